The summed E-state index contributed by atoms with van der Waals surface area (Å²) in [5.41, 5.74) is 0.104. The Labute approximate surface area is 243 Å². The molecule has 5 rings (SSSR count). The summed E-state index contributed by atoms with van der Waals surface area (Å²) >= 11 is 12.8. The molecule has 15 heteroatoms. The van der Waals surface area contributed by atoms with Gasteiger partial charge in [-0.2, -0.15) is 18.2 Å². The van der Waals surface area contributed by atoms with E-state index in [0.717, 1.165) is 37.7 Å². The molecule has 216 valence electrons. The van der Waals surface area contributed by atoms with Gasteiger partial charge in [-0.15, -0.1) is 0 Å². The average molecular weight is 609 g/mol. The van der Waals surface area contributed by atoms with Crippen LogP contribution in [0.15, 0.2) is 53.2 Å². The third-order valence-electron chi connectivity index (χ3n) is 6.70. The SMILES string of the molecule is CN1CCC[C@H]1COc1cc(Nc2nc3ncc(O/C(C=N)=C4/NC=CN=C4Cl)c(Cl)c3n2C)cc(C(F)(F)F)c1. The zero-order chi connectivity index (χ0) is 29.3. The molecule has 3 N–H and O–H groups in total. The molecule has 0 spiro atoms. The number of rotatable bonds is 8. The molecular formula is C26H25Cl2F3N8O2. The first kappa shape index (κ1) is 28.7. The summed E-state index contributed by atoms with van der Waals surface area (Å²) in [6.07, 6.45) is 2.60. The Bertz CT molecular complexity index is 1580. The van der Waals surface area contributed by atoms with Crippen LogP contribution in [0.25, 0.3) is 11.2 Å². The van der Waals surface area contributed by atoms with E-state index in [-0.39, 0.29) is 63.1 Å². The number of benzene rings is 1. The second-order valence-corrected chi connectivity index (χ2v) is 10.2. The van der Waals surface area contributed by atoms with Crippen LogP contribution >= 0.6 is 23.2 Å². The number of nitrogens with one attached hydrogen (secondary N) is 3. The van der Waals surface area contributed by atoms with E-state index in [1.165, 1.54) is 24.7 Å². The lowest BCUT2D eigenvalue weighted by Crippen LogP contribution is -2.30. The van der Waals surface area contributed by atoms with E-state index in [2.05, 4.69) is 30.5 Å². The number of aliphatic imine (C=N–C) groups is 1. The molecule has 10 nitrogen and oxygen atoms in total. The van der Waals surface area contributed by atoms with Crippen molar-refractivity contribution < 1.29 is 22.6 Å². The van der Waals surface area contributed by atoms with Crippen molar-refractivity contribution in [2.45, 2.75) is 25.1 Å². The predicted octanol–water partition coefficient (Wildman–Crippen LogP) is 5.81. The highest BCUT2D eigenvalue weighted by Crippen LogP contribution is 2.37. The number of allylic oxidation sites excluding steroid dienone is 2. The predicted molar refractivity (Wildman–Crippen MR) is 151 cm³/mol. The molecule has 1 saturated heterocycles. The van der Waals surface area contributed by atoms with Gasteiger partial charge in [0.15, 0.2) is 22.3 Å². The number of imidazole rings is 1. The Morgan fingerprint density at radius 1 is 1.27 bits per heavy atom. The van der Waals surface area contributed by atoms with Gasteiger partial charge in [-0.05, 0) is 38.6 Å². The third-order valence-corrected chi connectivity index (χ3v) is 7.35. The summed E-state index contributed by atoms with van der Waals surface area (Å²) in [6.45, 7) is 1.21. The normalized spacial score (nSPS) is 18.7. The molecule has 2 aromatic heterocycles. The van der Waals surface area contributed by atoms with E-state index >= 15 is 0 Å². The van der Waals surface area contributed by atoms with Gasteiger partial charge >= 0.3 is 6.18 Å². The second kappa shape index (κ2) is 11.6. The number of aromatic nitrogens is 3. The minimum atomic E-state index is -4.58. The number of halogens is 5. The summed E-state index contributed by atoms with van der Waals surface area (Å²) < 4.78 is 54.3. The first-order valence-corrected chi connectivity index (χ1v) is 13.2. The van der Waals surface area contributed by atoms with Gasteiger partial charge in [0.1, 0.15) is 28.6 Å². The Morgan fingerprint density at radius 2 is 2.07 bits per heavy atom. The maximum atomic E-state index is 13.7. The van der Waals surface area contributed by atoms with E-state index in [0.29, 0.717) is 5.52 Å². The number of alkyl halides is 3. The fourth-order valence-corrected chi connectivity index (χ4v) is 5.02. The number of likely N-dealkylation sites (N-methyl/N-ethyl adjacent to an activating group) is 1. The van der Waals surface area contributed by atoms with Crippen molar-refractivity contribution in [1.82, 2.24) is 24.8 Å². The van der Waals surface area contributed by atoms with Gasteiger partial charge in [0.2, 0.25) is 5.95 Å². The highest BCUT2D eigenvalue weighted by molar-refractivity contribution is 6.69. The molecule has 1 atom stereocenters. The van der Waals surface area contributed by atoms with Crippen LogP contribution < -0.4 is 20.1 Å². The number of fused-ring (bicyclic) bond motifs is 1. The van der Waals surface area contributed by atoms with Crippen molar-refractivity contribution >= 4 is 57.4 Å². The number of hydrogen-bond donors (Lipinski definition) is 3. The standard InChI is InChI=1S/C26H25Cl2F3N8O2/c1-38-7-3-4-16(38)13-40-17-9-14(26(29,30)31)8-15(10-17)36-25-37-24-22(39(25)2)20(27)19(12-35-24)41-18(11-32)21-23(28)34-6-5-33-21/h5-6,8-12,16,32-33H,3-4,7,13H2,1-2H3,(H,35,36,37)/b21-18+,32-11?/t16-/m0/s1. The Morgan fingerprint density at radius 3 is 2.76 bits per heavy atom. The quantitative estimate of drug-likeness (QED) is 0.218. The van der Waals surface area contributed by atoms with E-state index in [4.69, 9.17) is 38.1 Å². The molecule has 0 radical (unpaired) electrons. The molecule has 4 heterocycles. The van der Waals surface area contributed by atoms with Gasteiger partial charge in [-0.3, -0.25) is 0 Å². The van der Waals surface area contributed by atoms with Crippen molar-refractivity contribution in [3.63, 3.8) is 0 Å². The monoisotopic (exact) mass is 608 g/mol. The van der Waals surface area contributed by atoms with Crippen molar-refractivity contribution in [2.75, 3.05) is 25.5 Å². The summed E-state index contributed by atoms with van der Waals surface area (Å²) in [5.74, 6) is 0.417. The number of ether oxygens (including phenoxy) is 2. The molecular weight excluding hydrogens is 584 g/mol. The van der Waals surface area contributed by atoms with Crippen LogP contribution in [0.5, 0.6) is 11.5 Å². The average Bonchev–Trinajstić information content (AvgIpc) is 3.49. The molecule has 0 unspecified atom stereocenters. The van der Waals surface area contributed by atoms with E-state index in [1.807, 2.05) is 7.05 Å². The van der Waals surface area contributed by atoms with Crippen molar-refractivity contribution in [3.05, 3.63) is 58.8 Å². The summed E-state index contributed by atoms with van der Waals surface area (Å²) in [7, 11) is 3.60. The number of aryl methyl sites for hydroxylation is 1. The van der Waals surface area contributed by atoms with Crippen LogP contribution in [-0.4, -0.2) is 57.1 Å². The maximum absolute atomic E-state index is 13.7. The smallest absolute Gasteiger partial charge is 0.416 e. The first-order valence-electron chi connectivity index (χ1n) is 12.5. The van der Waals surface area contributed by atoms with Crippen molar-refractivity contribution in [2.24, 2.45) is 12.0 Å². The maximum Gasteiger partial charge on any atom is 0.416 e. The Balaban J connectivity index is 1.44. The number of nitrogens with zero attached hydrogens (tertiary/aromatic N) is 5. The molecule has 0 saturated carbocycles. The van der Waals surface area contributed by atoms with Gasteiger partial charge in [0, 0.05) is 37.2 Å². The van der Waals surface area contributed by atoms with Crippen LogP contribution in [0.1, 0.15) is 18.4 Å². The van der Waals surface area contributed by atoms with Crippen LogP contribution in [0.3, 0.4) is 0 Å². The molecule has 0 amide bonds. The molecule has 1 aromatic carbocycles. The largest absolute Gasteiger partial charge is 0.492 e. The van der Waals surface area contributed by atoms with E-state index < -0.39 is 11.7 Å². The van der Waals surface area contributed by atoms with E-state index in [1.54, 1.807) is 11.6 Å². The van der Waals surface area contributed by atoms with Gasteiger partial charge in [-0.25, -0.2) is 9.98 Å². The minimum absolute atomic E-state index is 0.0342. The fourth-order valence-electron chi connectivity index (χ4n) is 4.52. The molecule has 0 bridgehead atoms. The van der Waals surface area contributed by atoms with Crippen LogP contribution in [0.2, 0.25) is 5.02 Å². The first-order chi connectivity index (χ1) is 19.5. The lowest BCUT2D eigenvalue weighted by Gasteiger charge is -2.20. The number of likely N-dealkylation sites (tertiary alicyclic amines) is 1. The van der Waals surface area contributed by atoms with Crippen LogP contribution in [-0.2, 0) is 13.2 Å². The molecule has 1 fully saturated rings. The summed E-state index contributed by atoms with van der Waals surface area (Å²) in [6, 6.07) is 3.60. The van der Waals surface area contributed by atoms with Crippen LogP contribution in [0.4, 0.5) is 24.8 Å². The highest BCUT2D eigenvalue weighted by Gasteiger charge is 2.32. The minimum Gasteiger partial charge on any atom is -0.492 e. The summed E-state index contributed by atoms with van der Waals surface area (Å²) in [4.78, 5) is 14.8. The Kier molecular flexibility index (Phi) is 8.11. The topological polar surface area (TPSA) is 113 Å². The van der Waals surface area contributed by atoms with Crippen molar-refractivity contribution in [3.8, 4) is 11.5 Å². The summed E-state index contributed by atoms with van der Waals surface area (Å²) in [5, 5.41) is 13.7. The molecule has 3 aromatic rings. The van der Waals surface area contributed by atoms with Gasteiger partial charge in [-0.1, -0.05) is 23.2 Å². The van der Waals surface area contributed by atoms with E-state index in [9.17, 15) is 13.2 Å². The van der Waals surface area contributed by atoms with Crippen LogP contribution in [0, 0.1) is 5.41 Å². The molecule has 0 aliphatic carbocycles. The second-order valence-electron chi connectivity index (χ2n) is 9.43. The molecule has 2 aliphatic rings. The van der Waals surface area contributed by atoms with Gasteiger partial charge in [0.05, 0.1) is 18.0 Å². The van der Waals surface area contributed by atoms with Gasteiger partial charge in [0.25, 0.3) is 0 Å². The lowest BCUT2D eigenvalue weighted by molar-refractivity contribution is -0.137. The number of hydrogen-bond acceptors (Lipinski definition) is 9. The third kappa shape index (κ3) is 6.11. The zero-order valence-electron chi connectivity index (χ0n) is 21.9. The highest BCUT2D eigenvalue weighted by atomic mass is 35.5. The molecule has 2 aliphatic heterocycles. The van der Waals surface area contributed by atoms with Gasteiger partial charge < -0.3 is 35.0 Å². The fraction of sp³-hybridized carbons (Fsp3) is 0.308. The Hall–Kier alpha value is -3.81. The zero-order valence-corrected chi connectivity index (χ0v) is 23.4. The number of anilines is 2. The molecule has 41 heavy (non-hydrogen) atoms. The number of pyridine rings is 1. The van der Waals surface area contributed by atoms with Crippen molar-refractivity contribution in [1.29, 1.82) is 5.41 Å². The lowest BCUT2D eigenvalue weighted by atomic mass is 10.1.